The molecule has 3 rings (SSSR count). The number of unbranched alkanes of at least 4 members (excludes halogenated alkanes) is 2. The van der Waals surface area contributed by atoms with E-state index in [-0.39, 0.29) is 11.8 Å². The molecule has 130 valence electrons. The van der Waals surface area contributed by atoms with E-state index in [0.717, 1.165) is 24.8 Å². The van der Waals surface area contributed by atoms with E-state index in [4.69, 9.17) is 9.94 Å². The molecule has 0 saturated heterocycles. The highest BCUT2D eigenvalue weighted by Crippen LogP contribution is 2.38. The van der Waals surface area contributed by atoms with Crippen LogP contribution in [0.3, 0.4) is 0 Å². The Labute approximate surface area is 145 Å². The number of fused-ring (bicyclic) bond motifs is 2. The van der Waals surface area contributed by atoms with Crippen molar-refractivity contribution in [2.75, 3.05) is 5.32 Å². The monoisotopic (exact) mass is 340 g/mol. The number of para-hydroxylation sites is 2. The van der Waals surface area contributed by atoms with Crippen molar-refractivity contribution in [3.63, 3.8) is 0 Å². The van der Waals surface area contributed by atoms with Gasteiger partial charge in [0.2, 0.25) is 5.91 Å². The van der Waals surface area contributed by atoms with Crippen LogP contribution < -0.4 is 15.5 Å². The van der Waals surface area contributed by atoms with E-state index in [1.54, 1.807) is 23.7 Å². The molecule has 2 amide bonds. The zero-order valence-electron chi connectivity index (χ0n) is 13.7. The van der Waals surface area contributed by atoms with E-state index in [1.807, 2.05) is 24.3 Å². The minimum Gasteiger partial charge on any atom is -0.454 e. The zero-order chi connectivity index (χ0) is 17.6. The van der Waals surface area contributed by atoms with Gasteiger partial charge in [0.1, 0.15) is 5.75 Å². The number of anilines is 1. The quantitative estimate of drug-likeness (QED) is 0.425. The molecule has 0 spiro atoms. The average molecular weight is 340 g/mol. The van der Waals surface area contributed by atoms with Gasteiger partial charge >= 0.3 is 0 Å². The molecule has 0 aromatic heterocycles. The summed E-state index contributed by atoms with van der Waals surface area (Å²) >= 11 is 0. The van der Waals surface area contributed by atoms with Crippen LogP contribution in [0, 0.1) is 0 Å². The van der Waals surface area contributed by atoms with Crippen molar-refractivity contribution in [2.45, 2.75) is 32.1 Å². The lowest BCUT2D eigenvalue weighted by Crippen LogP contribution is -2.17. The van der Waals surface area contributed by atoms with Gasteiger partial charge in [-0.1, -0.05) is 30.7 Å². The molecule has 0 unspecified atom stereocenters. The van der Waals surface area contributed by atoms with Gasteiger partial charge in [-0.05, 0) is 43.0 Å². The van der Waals surface area contributed by atoms with Crippen LogP contribution in [-0.4, -0.2) is 17.0 Å². The minimum absolute atomic E-state index is 0.179. The Morgan fingerprint density at radius 3 is 2.68 bits per heavy atom. The average Bonchev–Trinajstić information content (AvgIpc) is 2.77. The van der Waals surface area contributed by atoms with Crippen molar-refractivity contribution < 1.29 is 19.5 Å². The fourth-order valence-electron chi connectivity index (χ4n) is 2.89. The fourth-order valence-corrected chi connectivity index (χ4v) is 2.89. The number of carbonyl (C=O) groups is 2. The Morgan fingerprint density at radius 1 is 1.04 bits per heavy atom. The van der Waals surface area contributed by atoms with E-state index in [9.17, 15) is 9.59 Å². The molecule has 0 atom stereocenters. The number of rotatable bonds is 6. The second kappa shape index (κ2) is 7.81. The summed E-state index contributed by atoms with van der Waals surface area (Å²) in [5, 5.41) is 11.4. The summed E-state index contributed by atoms with van der Waals surface area (Å²) in [4.78, 5) is 23.4. The van der Waals surface area contributed by atoms with Crippen LogP contribution in [0.15, 0.2) is 42.5 Å². The first-order valence-corrected chi connectivity index (χ1v) is 8.32. The third-order valence-electron chi connectivity index (χ3n) is 4.18. The molecule has 1 heterocycles. The molecule has 25 heavy (non-hydrogen) atoms. The molecule has 0 fully saturated rings. The minimum atomic E-state index is -0.369. The summed E-state index contributed by atoms with van der Waals surface area (Å²) in [5.74, 6) is 0.634. The molecule has 3 N–H and O–H groups in total. The molecule has 0 aliphatic carbocycles. The van der Waals surface area contributed by atoms with Gasteiger partial charge in [-0.25, -0.2) is 5.48 Å². The van der Waals surface area contributed by atoms with Gasteiger partial charge in [-0.2, -0.15) is 0 Å². The van der Waals surface area contributed by atoms with Gasteiger partial charge in [0.15, 0.2) is 5.75 Å². The van der Waals surface area contributed by atoms with Crippen LogP contribution in [0.1, 0.15) is 41.6 Å². The molecule has 2 aromatic carbocycles. The maximum absolute atomic E-state index is 12.4. The van der Waals surface area contributed by atoms with Crippen LogP contribution in [0.4, 0.5) is 5.69 Å². The predicted octanol–water partition coefficient (Wildman–Crippen LogP) is 3.65. The third-order valence-corrected chi connectivity index (χ3v) is 4.18. The highest BCUT2D eigenvalue weighted by Gasteiger charge is 2.22. The molecule has 1 aliphatic rings. The Balaban J connectivity index is 1.69. The van der Waals surface area contributed by atoms with Crippen molar-refractivity contribution in [1.29, 1.82) is 0 Å². The number of amides is 2. The lowest BCUT2D eigenvalue weighted by molar-refractivity contribution is -0.129. The van der Waals surface area contributed by atoms with Crippen LogP contribution >= 0.6 is 0 Å². The SMILES string of the molecule is O=C(CCCCCc1cccc2c1NC(=O)c1ccccc1O2)NO. The molecule has 0 radical (unpaired) electrons. The third kappa shape index (κ3) is 3.97. The molecule has 6 nitrogen and oxygen atoms in total. The van der Waals surface area contributed by atoms with Crippen LogP contribution in [0.5, 0.6) is 11.5 Å². The van der Waals surface area contributed by atoms with Crippen LogP contribution in [-0.2, 0) is 11.2 Å². The number of hydrogen-bond acceptors (Lipinski definition) is 4. The summed E-state index contributed by atoms with van der Waals surface area (Å²) in [6, 6.07) is 12.9. The summed E-state index contributed by atoms with van der Waals surface area (Å²) in [6.07, 6.45) is 3.50. The van der Waals surface area contributed by atoms with Crippen molar-refractivity contribution in [2.24, 2.45) is 0 Å². The lowest BCUT2D eigenvalue weighted by Gasteiger charge is -2.12. The second-order valence-corrected chi connectivity index (χ2v) is 5.94. The smallest absolute Gasteiger partial charge is 0.259 e. The number of carbonyl (C=O) groups excluding carboxylic acids is 2. The summed E-state index contributed by atoms with van der Waals surface area (Å²) < 4.78 is 5.92. The first kappa shape index (κ1) is 17.0. The van der Waals surface area contributed by atoms with Crippen molar-refractivity contribution >= 4 is 17.5 Å². The van der Waals surface area contributed by atoms with E-state index < -0.39 is 0 Å². The Morgan fingerprint density at radius 2 is 1.84 bits per heavy atom. The van der Waals surface area contributed by atoms with Gasteiger partial charge in [0.25, 0.3) is 5.91 Å². The lowest BCUT2D eigenvalue weighted by atomic mass is 10.0. The number of benzene rings is 2. The first-order valence-electron chi connectivity index (χ1n) is 8.32. The number of nitrogens with one attached hydrogen (secondary N) is 2. The maximum Gasteiger partial charge on any atom is 0.259 e. The van der Waals surface area contributed by atoms with Crippen LogP contribution in [0.2, 0.25) is 0 Å². The van der Waals surface area contributed by atoms with E-state index in [1.165, 1.54) is 0 Å². The molecular formula is C19H20N2O4. The molecular weight excluding hydrogens is 320 g/mol. The Bertz CT molecular complexity index is 789. The van der Waals surface area contributed by atoms with E-state index >= 15 is 0 Å². The zero-order valence-corrected chi connectivity index (χ0v) is 13.7. The first-order chi connectivity index (χ1) is 12.2. The van der Waals surface area contributed by atoms with Gasteiger partial charge in [0.05, 0.1) is 11.3 Å². The van der Waals surface area contributed by atoms with Crippen molar-refractivity contribution in [1.82, 2.24) is 5.48 Å². The second-order valence-electron chi connectivity index (χ2n) is 5.94. The van der Waals surface area contributed by atoms with Crippen molar-refractivity contribution in [3.05, 3.63) is 53.6 Å². The molecule has 0 saturated carbocycles. The standard InChI is InChI=1S/C19H20N2O4/c22-17(21-24)12-3-1-2-7-13-8-6-11-16-18(13)20-19(23)14-9-4-5-10-15(14)25-16/h4-6,8-11,24H,1-3,7,12H2,(H,20,23)(H,21,22). The van der Waals surface area contributed by atoms with Crippen molar-refractivity contribution in [3.8, 4) is 11.5 Å². The Hall–Kier alpha value is -2.86. The van der Waals surface area contributed by atoms with Gasteiger partial charge in [0, 0.05) is 6.42 Å². The van der Waals surface area contributed by atoms with Gasteiger partial charge in [-0.15, -0.1) is 0 Å². The number of hydrogen-bond donors (Lipinski definition) is 3. The summed E-state index contributed by atoms with van der Waals surface area (Å²) in [5.41, 5.74) is 3.86. The maximum atomic E-state index is 12.4. The summed E-state index contributed by atoms with van der Waals surface area (Å²) in [7, 11) is 0. The normalized spacial score (nSPS) is 12.3. The summed E-state index contributed by atoms with van der Waals surface area (Å²) in [6.45, 7) is 0. The molecule has 0 bridgehead atoms. The topological polar surface area (TPSA) is 87.7 Å². The fraction of sp³-hybridized carbons (Fsp3) is 0.263. The van der Waals surface area contributed by atoms with Gasteiger partial charge in [-0.3, -0.25) is 14.8 Å². The molecule has 6 heteroatoms. The number of ether oxygens (including phenoxy) is 1. The largest absolute Gasteiger partial charge is 0.454 e. The number of hydroxylamine groups is 1. The van der Waals surface area contributed by atoms with E-state index in [0.29, 0.717) is 35.6 Å². The van der Waals surface area contributed by atoms with E-state index in [2.05, 4.69) is 5.32 Å². The van der Waals surface area contributed by atoms with Crippen LogP contribution in [0.25, 0.3) is 0 Å². The predicted molar refractivity (Wildman–Crippen MR) is 93.0 cm³/mol. The van der Waals surface area contributed by atoms with Gasteiger partial charge < -0.3 is 10.1 Å². The molecule has 2 aromatic rings. The number of aryl methyl sites for hydroxylation is 1. The molecule has 1 aliphatic heterocycles. The Kier molecular flexibility index (Phi) is 5.30. The highest BCUT2D eigenvalue weighted by molar-refractivity contribution is 6.08. The highest BCUT2D eigenvalue weighted by atomic mass is 16.5.